The highest BCUT2D eigenvalue weighted by Gasteiger charge is 2.24. The van der Waals surface area contributed by atoms with Crippen LogP contribution in [0.5, 0.6) is 5.75 Å². The Kier molecular flexibility index (Phi) is 7.89. The lowest BCUT2D eigenvalue weighted by atomic mass is 9.94. The van der Waals surface area contributed by atoms with Crippen LogP contribution >= 0.6 is 0 Å². The Balaban J connectivity index is 1.26. The van der Waals surface area contributed by atoms with Gasteiger partial charge in [0.25, 0.3) is 0 Å². The number of hydrogen-bond donors (Lipinski definition) is 2. The number of benzene rings is 2. The first-order valence-electron chi connectivity index (χ1n) is 13.1. The third-order valence-electron chi connectivity index (χ3n) is 7.34. The number of rotatable bonds is 9. The SMILES string of the molecule is COc1ccc(F)cc1-c1ccnc2[nH]c(C3CCCN(CCCN(Cc4ccccc4)C(=O)O)C3)cc12. The molecule has 38 heavy (non-hydrogen) atoms. The molecule has 2 N–H and O–H groups in total. The van der Waals surface area contributed by atoms with Crippen LogP contribution in [-0.2, 0) is 6.54 Å². The number of H-pyrrole nitrogens is 1. The van der Waals surface area contributed by atoms with Crippen molar-refractivity contribution in [1.29, 1.82) is 0 Å². The van der Waals surface area contributed by atoms with Gasteiger partial charge in [-0.05, 0) is 73.8 Å². The topological polar surface area (TPSA) is 81.7 Å². The summed E-state index contributed by atoms with van der Waals surface area (Å²) in [5.74, 6) is 0.628. The Labute approximate surface area is 221 Å². The summed E-state index contributed by atoms with van der Waals surface area (Å²) in [6, 6.07) is 18.3. The van der Waals surface area contributed by atoms with Crippen molar-refractivity contribution in [3.63, 3.8) is 0 Å². The molecule has 3 heterocycles. The molecule has 5 rings (SSSR count). The molecule has 1 amide bonds. The molecule has 1 unspecified atom stereocenters. The number of nitrogens with zero attached hydrogens (tertiary/aromatic N) is 3. The molecule has 7 nitrogen and oxygen atoms in total. The van der Waals surface area contributed by atoms with Crippen molar-refractivity contribution in [3.8, 4) is 16.9 Å². The maximum Gasteiger partial charge on any atom is 0.407 e. The quantitative estimate of drug-likeness (QED) is 0.280. The molecular formula is C30H33FN4O3. The normalized spacial score (nSPS) is 16.0. The third kappa shape index (κ3) is 5.81. The van der Waals surface area contributed by atoms with Gasteiger partial charge in [0.05, 0.1) is 7.11 Å². The number of hydrogen-bond acceptors (Lipinski definition) is 4. The minimum Gasteiger partial charge on any atom is -0.496 e. The van der Waals surface area contributed by atoms with Gasteiger partial charge in [0.1, 0.15) is 17.2 Å². The highest BCUT2D eigenvalue weighted by atomic mass is 19.1. The summed E-state index contributed by atoms with van der Waals surface area (Å²) >= 11 is 0. The Morgan fingerprint density at radius 1 is 1.18 bits per heavy atom. The first kappa shape index (κ1) is 25.7. The van der Waals surface area contributed by atoms with Gasteiger partial charge in [-0.1, -0.05) is 30.3 Å². The molecule has 2 aromatic carbocycles. The molecule has 0 radical (unpaired) electrons. The van der Waals surface area contributed by atoms with Crippen molar-refractivity contribution in [2.45, 2.75) is 31.7 Å². The monoisotopic (exact) mass is 516 g/mol. The Bertz CT molecular complexity index is 1390. The van der Waals surface area contributed by atoms with Crippen LogP contribution in [0.4, 0.5) is 9.18 Å². The zero-order valence-corrected chi connectivity index (χ0v) is 21.6. The molecule has 2 aromatic heterocycles. The van der Waals surface area contributed by atoms with Crippen LogP contribution in [0, 0.1) is 5.82 Å². The van der Waals surface area contributed by atoms with Gasteiger partial charge in [-0.3, -0.25) is 0 Å². The van der Waals surface area contributed by atoms with Gasteiger partial charge in [-0.15, -0.1) is 0 Å². The second kappa shape index (κ2) is 11.6. The first-order chi connectivity index (χ1) is 18.5. The van der Waals surface area contributed by atoms with Gasteiger partial charge < -0.3 is 24.6 Å². The molecule has 1 fully saturated rings. The number of pyridine rings is 1. The van der Waals surface area contributed by atoms with Gasteiger partial charge in [-0.25, -0.2) is 14.2 Å². The maximum absolute atomic E-state index is 14.1. The van der Waals surface area contributed by atoms with Crippen molar-refractivity contribution in [3.05, 3.63) is 83.9 Å². The van der Waals surface area contributed by atoms with Crippen molar-refractivity contribution < 1.29 is 19.0 Å². The van der Waals surface area contributed by atoms with Gasteiger partial charge in [0.15, 0.2) is 0 Å². The van der Waals surface area contributed by atoms with Crippen LogP contribution < -0.4 is 4.74 Å². The zero-order valence-electron chi connectivity index (χ0n) is 21.6. The number of ether oxygens (including phenoxy) is 1. The number of aromatic amines is 1. The summed E-state index contributed by atoms with van der Waals surface area (Å²) in [5.41, 5.74) is 4.48. The molecule has 0 aliphatic carbocycles. The first-order valence-corrected chi connectivity index (χ1v) is 13.1. The summed E-state index contributed by atoms with van der Waals surface area (Å²) in [4.78, 5) is 23.7. The van der Waals surface area contributed by atoms with E-state index in [2.05, 4.69) is 20.9 Å². The molecule has 1 atom stereocenters. The summed E-state index contributed by atoms with van der Waals surface area (Å²) in [5, 5.41) is 10.6. The Morgan fingerprint density at radius 3 is 2.82 bits per heavy atom. The summed E-state index contributed by atoms with van der Waals surface area (Å²) in [6.07, 6.45) is 3.77. The van der Waals surface area contributed by atoms with E-state index in [0.717, 1.165) is 66.8 Å². The van der Waals surface area contributed by atoms with E-state index >= 15 is 0 Å². The average Bonchev–Trinajstić information content (AvgIpc) is 3.38. The molecular weight excluding hydrogens is 483 g/mol. The number of fused-ring (bicyclic) bond motifs is 1. The molecule has 1 aliphatic heterocycles. The fraction of sp³-hybridized carbons (Fsp3) is 0.333. The minimum absolute atomic E-state index is 0.310. The largest absolute Gasteiger partial charge is 0.496 e. The predicted molar refractivity (Wildman–Crippen MR) is 146 cm³/mol. The van der Waals surface area contributed by atoms with Gasteiger partial charge in [-0.2, -0.15) is 0 Å². The van der Waals surface area contributed by atoms with E-state index in [-0.39, 0.29) is 5.82 Å². The molecule has 0 bridgehead atoms. The van der Waals surface area contributed by atoms with Crippen LogP contribution in [0.15, 0.2) is 66.9 Å². The number of methoxy groups -OCH3 is 1. The molecule has 198 valence electrons. The lowest BCUT2D eigenvalue weighted by Gasteiger charge is -2.32. The highest BCUT2D eigenvalue weighted by molar-refractivity contribution is 5.95. The van der Waals surface area contributed by atoms with Gasteiger partial charge in [0, 0.05) is 48.4 Å². The lowest BCUT2D eigenvalue weighted by molar-refractivity contribution is 0.136. The molecule has 4 aromatic rings. The summed E-state index contributed by atoms with van der Waals surface area (Å²) < 4.78 is 19.6. The number of halogens is 1. The van der Waals surface area contributed by atoms with E-state index in [1.54, 1.807) is 19.4 Å². The fourth-order valence-corrected chi connectivity index (χ4v) is 5.44. The van der Waals surface area contributed by atoms with E-state index in [1.807, 2.05) is 36.4 Å². The molecule has 1 saturated heterocycles. The van der Waals surface area contributed by atoms with Crippen LogP contribution in [0.3, 0.4) is 0 Å². The second-order valence-corrected chi connectivity index (χ2v) is 9.87. The molecule has 0 saturated carbocycles. The maximum atomic E-state index is 14.1. The number of amides is 1. The predicted octanol–water partition coefficient (Wildman–Crippen LogP) is 6.13. The van der Waals surface area contributed by atoms with Crippen LogP contribution in [0.1, 0.15) is 36.4 Å². The lowest BCUT2D eigenvalue weighted by Crippen LogP contribution is -2.37. The van der Waals surface area contributed by atoms with Gasteiger partial charge >= 0.3 is 6.09 Å². The summed E-state index contributed by atoms with van der Waals surface area (Å²) in [7, 11) is 1.59. The van der Waals surface area contributed by atoms with E-state index < -0.39 is 6.09 Å². The Morgan fingerprint density at radius 2 is 2.03 bits per heavy atom. The Hall–Kier alpha value is -3.91. The van der Waals surface area contributed by atoms with Crippen molar-refractivity contribution in [2.75, 3.05) is 33.3 Å². The number of piperidine rings is 1. The third-order valence-corrected chi connectivity index (χ3v) is 7.34. The number of nitrogens with one attached hydrogen (secondary N) is 1. The van der Waals surface area contributed by atoms with Crippen molar-refractivity contribution >= 4 is 17.1 Å². The van der Waals surface area contributed by atoms with Crippen LogP contribution in [-0.4, -0.2) is 64.3 Å². The highest BCUT2D eigenvalue weighted by Crippen LogP contribution is 2.37. The average molecular weight is 517 g/mol. The number of aromatic nitrogens is 2. The van der Waals surface area contributed by atoms with E-state index in [4.69, 9.17) is 4.74 Å². The van der Waals surface area contributed by atoms with E-state index in [0.29, 0.717) is 30.3 Å². The minimum atomic E-state index is -0.887. The zero-order chi connectivity index (χ0) is 26.5. The van der Waals surface area contributed by atoms with Crippen molar-refractivity contribution in [1.82, 2.24) is 19.8 Å². The van der Waals surface area contributed by atoms with Crippen molar-refractivity contribution in [2.24, 2.45) is 0 Å². The number of carbonyl (C=O) groups is 1. The standard InChI is InChI=1S/C30H33FN4O3/c1-38-28-11-10-23(31)17-25(28)24-12-13-32-29-26(24)18-27(33-29)22-9-5-14-34(20-22)15-6-16-35(30(36)37)19-21-7-3-2-4-8-21/h2-4,7-8,10-13,17-18,22H,5-6,9,14-16,19-20H2,1H3,(H,32,33)(H,36,37). The molecule has 8 heteroatoms. The van der Waals surface area contributed by atoms with Crippen LogP contribution in [0.25, 0.3) is 22.2 Å². The number of likely N-dealkylation sites (tertiary alicyclic amines) is 1. The van der Waals surface area contributed by atoms with E-state index in [9.17, 15) is 14.3 Å². The summed E-state index contributed by atoms with van der Waals surface area (Å²) in [6.45, 7) is 3.66. The molecule has 0 spiro atoms. The van der Waals surface area contributed by atoms with Crippen LogP contribution in [0.2, 0.25) is 0 Å². The second-order valence-electron chi connectivity index (χ2n) is 9.87. The molecule has 1 aliphatic rings. The number of carboxylic acid groups (broad SMARTS) is 1. The van der Waals surface area contributed by atoms with E-state index in [1.165, 1.54) is 17.0 Å². The fourth-order valence-electron chi connectivity index (χ4n) is 5.44. The van der Waals surface area contributed by atoms with Gasteiger partial charge in [0.2, 0.25) is 0 Å². The smallest absolute Gasteiger partial charge is 0.407 e.